The Morgan fingerprint density at radius 2 is 2.42 bits per heavy atom. The van der Waals surface area contributed by atoms with Gasteiger partial charge in [-0.2, -0.15) is 16.3 Å². The van der Waals surface area contributed by atoms with Crippen molar-refractivity contribution in [3.05, 3.63) is 22.7 Å². The lowest BCUT2D eigenvalue weighted by molar-refractivity contribution is 0.0749. The van der Waals surface area contributed by atoms with E-state index in [1.807, 2.05) is 16.8 Å². The smallest absolute Gasteiger partial charge is 0.241 e. The Kier molecular flexibility index (Phi) is 3.91. The van der Waals surface area contributed by atoms with Crippen LogP contribution in [-0.2, 0) is 6.54 Å². The number of rotatable bonds is 4. The quantitative estimate of drug-likeness (QED) is 0.929. The Hall–Kier alpha value is -1.24. The largest absolute Gasteiger partial charge is 0.395 e. The van der Waals surface area contributed by atoms with Crippen LogP contribution in [0.3, 0.4) is 0 Å². The maximum absolute atomic E-state index is 9.39. The molecule has 19 heavy (non-hydrogen) atoms. The highest BCUT2D eigenvalue weighted by atomic mass is 32.1. The summed E-state index contributed by atoms with van der Waals surface area (Å²) in [7, 11) is 0. The molecule has 1 atom stereocenters. The highest BCUT2D eigenvalue weighted by Gasteiger charge is 2.23. The number of thiophene rings is 1. The molecule has 0 radical (unpaired) electrons. The summed E-state index contributed by atoms with van der Waals surface area (Å²) in [5, 5.41) is 17.4. The molecule has 0 bridgehead atoms. The molecule has 3 heterocycles. The van der Waals surface area contributed by atoms with Crippen molar-refractivity contribution in [1.29, 1.82) is 0 Å². The van der Waals surface area contributed by atoms with Gasteiger partial charge in [0.15, 0.2) is 0 Å². The van der Waals surface area contributed by atoms with Crippen molar-refractivity contribution in [2.45, 2.75) is 31.8 Å². The van der Waals surface area contributed by atoms with Crippen molar-refractivity contribution in [2.75, 3.05) is 13.2 Å². The van der Waals surface area contributed by atoms with E-state index >= 15 is 0 Å². The van der Waals surface area contributed by atoms with E-state index in [2.05, 4.69) is 15.0 Å². The molecule has 0 amide bonds. The second-order valence-electron chi connectivity index (χ2n) is 4.83. The third-order valence-corrected chi connectivity index (χ3v) is 4.23. The minimum absolute atomic E-state index is 0.200. The lowest BCUT2D eigenvalue weighted by atomic mass is 10.0. The predicted molar refractivity (Wildman–Crippen MR) is 72.7 cm³/mol. The second-order valence-corrected chi connectivity index (χ2v) is 5.61. The molecule has 1 fully saturated rings. The average Bonchev–Trinajstić information content (AvgIpc) is 3.09. The van der Waals surface area contributed by atoms with E-state index in [4.69, 9.17) is 4.52 Å². The second kappa shape index (κ2) is 5.81. The molecule has 0 saturated carbocycles. The van der Waals surface area contributed by atoms with Gasteiger partial charge in [-0.1, -0.05) is 11.6 Å². The van der Waals surface area contributed by atoms with Gasteiger partial charge in [0.25, 0.3) is 0 Å². The number of likely N-dealkylation sites (tertiary alicyclic amines) is 1. The fourth-order valence-corrected chi connectivity index (χ4v) is 3.11. The topological polar surface area (TPSA) is 62.4 Å². The van der Waals surface area contributed by atoms with Crippen LogP contribution >= 0.6 is 11.3 Å². The van der Waals surface area contributed by atoms with Crippen LogP contribution in [0.2, 0.25) is 0 Å². The fourth-order valence-electron chi connectivity index (χ4n) is 2.48. The first-order valence-corrected chi connectivity index (χ1v) is 7.51. The number of hydrogen-bond donors (Lipinski definition) is 1. The lowest BCUT2D eigenvalue weighted by Gasteiger charge is -2.33. The first-order valence-electron chi connectivity index (χ1n) is 6.57. The zero-order chi connectivity index (χ0) is 13.1. The number of aliphatic hydroxyl groups excluding tert-OH is 1. The highest BCUT2D eigenvalue weighted by molar-refractivity contribution is 7.08. The van der Waals surface area contributed by atoms with Crippen molar-refractivity contribution in [3.63, 3.8) is 0 Å². The normalized spacial score (nSPS) is 20.8. The van der Waals surface area contributed by atoms with Gasteiger partial charge in [0.1, 0.15) is 0 Å². The molecule has 0 spiro atoms. The van der Waals surface area contributed by atoms with Gasteiger partial charge in [-0.15, -0.1) is 0 Å². The molecule has 5 nitrogen and oxygen atoms in total. The van der Waals surface area contributed by atoms with Crippen LogP contribution in [-0.4, -0.2) is 39.3 Å². The SMILES string of the molecule is OC[C@H]1CCCCN1Cc1nc(-c2ccsc2)no1. The summed E-state index contributed by atoms with van der Waals surface area (Å²) in [4.78, 5) is 6.65. The van der Waals surface area contributed by atoms with Crippen LogP contribution in [0.15, 0.2) is 21.3 Å². The van der Waals surface area contributed by atoms with Crippen LogP contribution in [0, 0.1) is 0 Å². The van der Waals surface area contributed by atoms with Crippen LogP contribution in [0.4, 0.5) is 0 Å². The molecule has 0 unspecified atom stereocenters. The van der Waals surface area contributed by atoms with Gasteiger partial charge in [-0.25, -0.2) is 0 Å². The van der Waals surface area contributed by atoms with Crippen molar-refractivity contribution in [2.24, 2.45) is 0 Å². The molecule has 6 heteroatoms. The zero-order valence-electron chi connectivity index (χ0n) is 10.7. The third kappa shape index (κ3) is 2.86. The molecule has 1 aliphatic rings. The molecular formula is C13H17N3O2S. The molecule has 1 saturated heterocycles. The maximum Gasteiger partial charge on any atom is 0.241 e. The molecule has 3 rings (SSSR count). The minimum Gasteiger partial charge on any atom is -0.395 e. The van der Waals surface area contributed by atoms with Gasteiger partial charge in [0.05, 0.1) is 13.2 Å². The van der Waals surface area contributed by atoms with Gasteiger partial charge in [0, 0.05) is 17.0 Å². The number of aromatic nitrogens is 2. The average molecular weight is 279 g/mol. The molecule has 1 N–H and O–H groups in total. The van der Waals surface area contributed by atoms with E-state index in [0.29, 0.717) is 18.3 Å². The van der Waals surface area contributed by atoms with Crippen LogP contribution in [0.25, 0.3) is 11.4 Å². The summed E-state index contributed by atoms with van der Waals surface area (Å²) >= 11 is 1.62. The van der Waals surface area contributed by atoms with E-state index in [1.165, 1.54) is 12.8 Å². The first kappa shape index (κ1) is 12.8. The van der Waals surface area contributed by atoms with E-state index in [0.717, 1.165) is 18.5 Å². The molecule has 0 aromatic carbocycles. The Balaban J connectivity index is 1.69. The Morgan fingerprint density at radius 1 is 1.47 bits per heavy atom. The number of hydrogen-bond acceptors (Lipinski definition) is 6. The first-order chi connectivity index (χ1) is 9.36. The molecule has 1 aliphatic heterocycles. The van der Waals surface area contributed by atoms with Gasteiger partial charge in [-0.3, -0.25) is 4.90 Å². The van der Waals surface area contributed by atoms with E-state index < -0.39 is 0 Å². The molecule has 2 aromatic rings. The minimum atomic E-state index is 0.200. The van der Waals surface area contributed by atoms with Gasteiger partial charge < -0.3 is 9.63 Å². The van der Waals surface area contributed by atoms with Crippen molar-refractivity contribution in [1.82, 2.24) is 15.0 Å². The summed E-state index contributed by atoms with van der Waals surface area (Å²) in [6.07, 6.45) is 3.40. The maximum atomic E-state index is 9.39. The molecule has 0 aliphatic carbocycles. The third-order valence-electron chi connectivity index (χ3n) is 3.55. The summed E-state index contributed by atoms with van der Waals surface area (Å²) in [6, 6.07) is 2.21. The monoisotopic (exact) mass is 279 g/mol. The summed E-state index contributed by atoms with van der Waals surface area (Å²) in [5.41, 5.74) is 0.998. The van der Waals surface area contributed by atoms with Crippen LogP contribution in [0.5, 0.6) is 0 Å². The van der Waals surface area contributed by atoms with Crippen molar-refractivity contribution < 1.29 is 9.63 Å². The van der Waals surface area contributed by atoms with Crippen LogP contribution in [0.1, 0.15) is 25.2 Å². The van der Waals surface area contributed by atoms with E-state index in [9.17, 15) is 5.11 Å². The fraction of sp³-hybridized carbons (Fsp3) is 0.538. The molecule has 102 valence electrons. The van der Waals surface area contributed by atoms with Gasteiger partial charge in [-0.05, 0) is 30.8 Å². The van der Waals surface area contributed by atoms with Crippen LogP contribution < -0.4 is 0 Å². The zero-order valence-corrected chi connectivity index (χ0v) is 11.5. The highest BCUT2D eigenvalue weighted by Crippen LogP contribution is 2.21. The Morgan fingerprint density at radius 3 is 3.21 bits per heavy atom. The van der Waals surface area contributed by atoms with Crippen molar-refractivity contribution >= 4 is 11.3 Å². The molecule has 2 aromatic heterocycles. The Bertz CT molecular complexity index is 512. The standard InChI is InChI=1S/C13H17N3O2S/c17-8-11-3-1-2-5-16(11)7-12-14-13(15-18-12)10-4-6-19-9-10/h4,6,9,11,17H,1-3,5,7-8H2/t11-/m1/s1. The van der Waals surface area contributed by atoms with E-state index in [-0.39, 0.29) is 12.6 Å². The molecular weight excluding hydrogens is 262 g/mol. The van der Waals surface area contributed by atoms with Gasteiger partial charge >= 0.3 is 0 Å². The summed E-state index contributed by atoms with van der Waals surface area (Å²) in [6.45, 7) is 1.81. The lowest BCUT2D eigenvalue weighted by Crippen LogP contribution is -2.41. The number of piperidine rings is 1. The number of aliphatic hydroxyl groups is 1. The van der Waals surface area contributed by atoms with E-state index in [1.54, 1.807) is 11.3 Å². The Labute approximate surface area is 115 Å². The van der Waals surface area contributed by atoms with Gasteiger partial charge in [0.2, 0.25) is 11.7 Å². The number of nitrogens with zero attached hydrogens (tertiary/aromatic N) is 3. The summed E-state index contributed by atoms with van der Waals surface area (Å²) < 4.78 is 5.30. The summed E-state index contributed by atoms with van der Waals surface area (Å²) in [5.74, 6) is 1.27. The van der Waals surface area contributed by atoms with Crippen molar-refractivity contribution in [3.8, 4) is 11.4 Å². The predicted octanol–water partition coefficient (Wildman–Crippen LogP) is 2.14.